The fourth-order valence-electron chi connectivity index (χ4n) is 1.54. The molecule has 0 radical (unpaired) electrons. The maximum atomic E-state index is 12.0. The van der Waals surface area contributed by atoms with Crippen molar-refractivity contribution in [2.75, 3.05) is 24.6 Å². The summed E-state index contributed by atoms with van der Waals surface area (Å²) in [5.41, 5.74) is 5.43. The average Bonchev–Trinajstić information content (AvgIpc) is 2.38. The quantitative estimate of drug-likeness (QED) is 0.282. The van der Waals surface area contributed by atoms with Crippen LogP contribution in [-0.2, 0) is 9.59 Å². The molecule has 19 heavy (non-hydrogen) atoms. The second kappa shape index (κ2) is 12.6. The van der Waals surface area contributed by atoms with Crippen molar-refractivity contribution in [3.63, 3.8) is 0 Å². The van der Waals surface area contributed by atoms with E-state index in [-0.39, 0.29) is 11.8 Å². The number of thiol groups is 2. The van der Waals surface area contributed by atoms with Crippen LogP contribution in [0.5, 0.6) is 0 Å². The summed E-state index contributed by atoms with van der Waals surface area (Å²) in [5, 5.41) is 5.55. The molecule has 112 valence electrons. The molecular weight excluding hydrogens is 282 g/mol. The molecule has 0 bridgehead atoms. The molecule has 5 nitrogen and oxygen atoms in total. The predicted molar refractivity (Wildman–Crippen MR) is 84.8 cm³/mol. The van der Waals surface area contributed by atoms with E-state index in [1.165, 1.54) is 0 Å². The molecule has 1 atom stereocenters. The van der Waals surface area contributed by atoms with E-state index in [0.717, 1.165) is 25.0 Å². The minimum Gasteiger partial charge on any atom is -0.354 e. The fraction of sp³-hybridized carbons (Fsp3) is 0.833. The van der Waals surface area contributed by atoms with E-state index in [1.807, 2.05) is 0 Å². The fourth-order valence-corrected chi connectivity index (χ4v) is 1.90. The highest BCUT2D eigenvalue weighted by molar-refractivity contribution is 7.80. The third kappa shape index (κ3) is 10.1. The monoisotopic (exact) mass is 307 g/mol. The largest absolute Gasteiger partial charge is 0.354 e. The Morgan fingerprint density at radius 3 is 2.42 bits per heavy atom. The van der Waals surface area contributed by atoms with Crippen molar-refractivity contribution in [1.82, 2.24) is 10.6 Å². The molecule has 4 N–H and O–H groups in total. The van der Waals surface area contributed by atoms with Crippen LogP contribution in [0.3, 0.4) is 0 Å². The van der Waals surface area contributed by atoms with Gasteiger partial charge in [0, 0.05) is 13.0 Å². The van der Waals surface area contributed by atoms with E-state index in [4.69, 9.17) is 5.73 Å². The average molecular weight is 307 g/mol. The Bertz CT molecular complexity index is 265. The Labute approximate surface area is 126 Å². The van der Waals surface area contributed by atoms with E-state index in [1.54, 1.807) is 0 Å². The van der Waals surface area contributed by atoms with Gasteiger partial charge >= 0.3 is 0 Å². The van der Waals surface area contributed by atoms with Crippen molar-refractivity contribution < 1.29 is 9.59 Å². The summed E-state index contributed by atoms with van der Waals surface area (Å²) in [7, 11) is 0. The van der Waals surface area contributed by atoms with Gasteiger partial charge in [-0.25, -0.2) is 0 Å². The van der Waals surface area contributed by atoms with Crippen LogP contribution in [0.4, 0.5) is 0 Å². The van der Waals surface area contributed by atoms with Crippen LogP contribution in [0.2, 0.25) is 0 Å². The van der Waals surface area contributed by atoms with E-state index >= 15 is 0 Å². The first kappa shape index (κ1) is 18.6. The Hall–Kier alpha value is -0.400. The lowest BCUT2D eigenvalue weighted by atomic mass is 10.1. The number of unbranched alkanes of at least 4 members (excludes halogenated alkanes) is 1. The van der Waals surface area contributed by atoms with Gasteiger partial charge in [0.05, 0.1) is 0 Å². The number of amides is 2. The van der Waals surface area contributed by atoms with Crippen molar-refractivity contribution in [3.8, 4) is 0 Å². The highest BCUT2D eigenvalue weighted by Gasteiger charge is 2.19. The molecule has 0 aromatic heterocycles. The topological polar surface area (TPSA) is 84.2 Å². The molecule has 0 spiro atoms. The van der Waals surface area contributed by atoms with Crippen molar-refractivity contribution >= 4 is 37.1 Å². The Morgan fingerprint density at radius 2 is 1.84 bits per heavy atom. The number of hydrogen-bond acceptors (Lipinski definition) is 5. The minimum atomic E-state index is -0.473. The molecule has 0 fully saturated rings. The molecule has 7 heteroatoms. The van der Waals surface area contributed by atoms with E-state index < -0.39 is 6.04 Å². The zero-order valence-electron chi connectivity index (χ0n) is 11.2. The van der Waals surface area contributed by atoms with E-state index in [2.05, 4.69) is 35.9 Å². The van der Waals surface area contributed by atoms with Gasteiger partial charge in [-0.3, -0.25) is 9.59 Å². The summed E-state index contributed by atoms with van der Waals surface area (Å²) in [6, 6.07) is -0.473. The van der Waals surface area contributed by atoms with Crippen LogP contribution in [0.15, 0.2) is 0 Å². The first-order chi connectivity index (χ1) is 9.15. The normalized spacial score (nSPS) is 11.9. The molecular formula is C12H25N3O2S2. The molecule has 1 unspecified atom stereocenters. The molecule has 0 saturated heterocycles. The smallest absolute Gasteiger partial charge is 0.242 e. The first-order valence-electron chi connectivity index (χ1n) is 6.64. The molecule has 0 heterocycles. The summed E-state index contributed by atoms with van der Waals surface area (Å²) in [4.78, 5) is 23.5. The van der Waals surface area contributed by atoms with Gasteiger partial charge in [0.2, 0.25) is 11.8 Å². The number of hydrogen-bond donors (Lipinski definition) is 5. The predicted octanol–water partition coefficient (Wildman–Crippen LogP) is 0.356. The summed E-state index contributed by atoms with van der Waals surface area (Å²) in [6.07, 6.45) is 3.42. The zero-order valence-corrected chi connectivity index (χ0v) is 13.0. The Kier molecular flexibility index (Phi) is 12.4. The van der Waals surface area contributed by atoms with Gasteiger partial charge in [-0.1, -0.05) is 0 Å². The Balaban J connectivity index is 4.21. The third-order valence-corrected chi connectivity index (χ3v) is 3.11. The number of carbonyl (C=O) groups is 2. The minimum absolute atomic E-state index is 0.133. The van der Waals surface area contributed by atoms with E-state index in [0.29, 0.717) is 31.7 Å². The van der Waals surface area contributed by atoms with Gasteiger partial charge in [-0.2, -0.15) is 25.3 Å². The van der Waals surface area contributed by atoms with Crippen LogP contribution in [0.1, 0.15) is 32.1 Å². The number of nitrogens with one attached hydrogen (secondary N) is 2. The summed E-state index contributed by atoms with van der Waals surface area (Å²) < 4.78 is 0. The van der Waals surface area contributed by atoms with Crippen molar-refractivity contribution in [3.05, 3.63) is 0 Å². The van der Waals surface area contributed by atoms with Gasteiger partial charge in [-0.15, -0.1) is 0 Å². The van der Waals surface area contributed by atoms with Gasteiger partial charge in [0.15, 0.2) is 0 Å². The molecule has 0 rings (SSSR count). The van der Waals surface area contributed by atoms with Gasteiger partial charge < -0.3 is 16.4 Å². The number of rotatable bonds is 11. The summed E-state index contributed by atoms with van der Waals surface area (Å²) >= 11 is 8.09. The van der Waals surface area contributed by atoms with Crippen molar-refractivity contribution in [2.24, 2.45) is 5.73 Å². The van der Waals surface area contributed by atoms with Crippen LogP contribution in [0.25, 0.3) is 0 Å². The highest BCUT2D eigenvalue weighted by Crippen LogP contribution is 2.02. The molecule has 0 aliphatic heterocycles. The standard InChI is InChI=1S/C12H25N3O2S2/c13-6-2-1-4-10(15-11(16)5-9-19)12(17)14-7-3-8-18/h10,18-19H,1-9,13H2,(H,14,17)(H,15,16). The molecule has 0 aliphatic rings. The highest BCUT2D eigenvalue weighted by atomic mass is 32.1. The SMILES string of the molecule is NCCCCC(NC(=O)CCS)C(=O)NCCCS. The molecule has 0 aliphatic carbocycles. The van der Waals surface area contributed by atoms with Crippen LogP contribution < -0.4 is 16.4 Å². The summed E-state index contributed by atoms with van der Waals surface area (Å²) in [5.74, 6) is 0.927. The lowest BCUT2D eigenvalue weighted by Crippen LogP contribution is -2.47. The van der Waals surface area contributed by atoms with Gasteiger partial charge in [0.25, 0.3) is 0 Å². The molecule has 0 aromatic carbocycles. The van der Waals surface area contributed by atoms with Crippen LogP contribution in [0, 0.1) is 0 Å². The summed E-state index contributed by atoms with van der Waals surface area (Å²) in [6.45, 7) is 1.18. The molecule has 0 saturated carbocycles. The maximum absolute atomic E-state index is 12.0. The van der Waals surface area contributed by atoms with Crippen LogP contribution >= 0.6 is 25.3 Å². The second-order valence-corrected chi connectivity index (χ2v) is 5.14. The van der Waals surface area contributed by atoms with Crippen molar-refractivity contribution in [1.29, 1.82) is 0 Å². The van der Waals surface area contributed by atoms with E-state index in [9.17, 15) is 9.59 Å². The maximum Gasteiger partial charge on any atom is 0.242 e. The zero-order chi connectivity index (χ0) is 14.5. The molecule has 2 amide bonds. The first-order valence-corrected chi connectivity index (χ1v) is 7.91. The second-order valence-electron chi connectivity index (χ2n) is 4.25. The van der Waals surface area contributed by atoms with Gasteiger partial charge in [-0.05, 0) is 43.7 Å². The third-order valence-electron chi connectivity index (χ3n) is 2.57. The Morgan fingerprint density at radius 1 is 1.11 bits per heavy atom. The molecule has 0 aromatic rings. The lowest BCUT2D eigenvalue weighted by molar-refractivity contribution is -0.129. The van der Waals surface area contributed by atoms with Crippen molar-refractivity contribution in [2.45, 2.75) is 38.1 Å². The van der Waals surface area contributed by atoms with Crippen LogP contribution in [-0.4, -0.2) is 42.5 Å². The number of nitrogens with two attached hydrogens (primary N) is 1. The number of carbonyl (C=O) groups excluding carboxylic acids is 2. The lowest BCUT2D eigenvalue weighted by Gasteiger charge is -2.18. The van der Waals surface area contributed by atoms with Gasteiger partial charge in [0.1, 0.15) is 6.04 Å².